The first-order chi connectivity index (χ1) is 11.6. The van der Waals surface area contributed by atoms with Crippen LogP contribution in [0.4, 0.5) is 5.69 Å². The number of rotatable bonds is 3. The highest BCUT2D eigenvalue weighted by Gasteiger charge is 2.19. The molecule has 5 nitrogen and oxygen atoms in total. The molecule has 1 fully saturated rings. The smallest absolute Gasteiger partial charge is 0.255 e. The molecule has 24 heavy (non-hydrogen) atoms. The second-order valence-electron chi connectivity index (χ2n) is 5.89. The van der Waals surface area contributed by atoms with E-state index in [-0.39, 0.29) is 11.8 Å². The average Bonchev–Trinajstić information content (AvgIpc) is 2.64. The Labute approximate surface area is 141 Å². The Hall–Kier alpha value is -2.66. The van der Waals surface area contributed by atoms with Crippen LogP contribution in [0.2, 0.25) is 0 Å². The molecule has 0 atom stereocenters. The predicted octanol–water partition coefficient (Wildman–Crippen LogP) is 2.29. The van der Waals surface area contributed by atoms with Crippen LogP contribution in [0.3, 0.4) is 0 Å². The summed E-state index contributed by atoms with van der Waals surface area (Å²) in [6.45, 7) is 4.96. The van der Waals surface area contributed by atoms with Crippen molar-refractivity contribution in [2.45, 2.75) is 6.92 Å². The summed E-state index contributed by atoms with van der Waals surface area (Å²) in [5.74, 6) is -0.169. The second kappa shape index (κ2) is 7.27. The number of piperazine rings is 1. The van der Waals surface area contributed by atoms with Gasteiger partial charge in [0, 0.05) is 43.0 Å². The minimum atomic E-state index is -0.175. The molecule has 1 aliphatic rings. The second-order valence-corrected chi connectivity index (χ2v) is 5.89. The number of hydrogen-bond donors (Lipinski definition) is 2. The summed E-state index contributed by atoms with van der Waals surface area (Å²) in [6.07, 6.45) is 0. The molecule has 0 bridgehead atoms. The summed E-state index contributed by atoms with van der Waals surface area (Å²) < 4.78 is 0. The molecule has 0 radical (unpaired) electrons. The van der Waals surface area contributed by atoms with Gasteiger partial charge in [-0.15, -0.1) is 0 Å². The van der Waals surface area contributed by atoms with Crippen molar-refractivity contribution in [3.63, 3.8) is 0 Å². The Balaban J connectivity index is 1.78. The van der Waals surface area contributed by atoms with Gasteiger partial charge in [-0.3, -0.25) is 9.59 Å². The predicted molar refractivity (Wildman–Crippen MR) is 94.3 cm³/mol. The standard InChI is InChI=1S/C19H21N3O2/c1-14-7-8-16(19(24)22-11-9-20-10-12-22)13-17(14)21-18(23)15-5-3-2-4-6-15/h2-8,13,20H,9-12H2,1H3,(H,21,23). The van der Waals surface area contributed by atoms with E-state index in [0.29, 0.717) is 29.9 Å². The number of carbonyl (C=O) groups is 2. The van der Waals surface area contributed by atoms with Crippen molar-refractivity contribution in [1.82, 2.24) is 10.2 Å². The third kappa shape index (κ3) is 3.63. The number of amides is 2. The van der Waals surface area contributed by atoms with Crippen molar-refractivity contribution >= 4 is 17.5 Å². The Morgan fingerprint density at radius 1 is 1.00 bits per heavy atom. The lowest BCUT2D eigenvalue weighted by molar-refractivity contribution is 0.0735. The van der Waals surface area contributed by atoms with Gasteiger partial charge in [-0.1, -0.05) is 24.3 Å². The molecule has 0 aromatic heterocycles. The van der Waals surface area contributed by atoms with Crippen molar-refractivity contribution < 1.29 is 9.59 Å². The van der Waals surface area contributed by atoms with Gasteiger partial charge in [-0.05, 0) is 36.8 Å². The molecule has 3 rings (SSSR count). The topological polar surface area (TPSA) is 61.4 Å². The lowest BCUT2D eigenvalue weighted by atomic mass is 10.1. The van der Waals surface area contributed by atoms with Gasteiger partial charge in [-0.2, -0.15) is 0 Å². The Kier molecular flexibility index (Phi) is 4.91. The summed E-state index contributed by atoms with van der Waals surface area (Å²) >= 11 is 0. The summed E-state index contributed by atoms with van der Waals surface area (Å²) in [5.41, 5.74) is 2.79. The third-order valence-electron chi connectivity index (χ3n) is 4.17. The highest BCUT2D eigenvalue weighted by molar-refractivity contribution is 6.05. The number of anilines is 1. The van der Waals surface area contributed by atoms with Crippen molar-refractivity contribution in [3.05, 3.63) is 65.2 Å². The van der Waals surface area contributed by atoms with E-state index in [4.69, 9.17) is 0 Å². The summed E-state index contributed by atoms with van der Waals surface area (Å²) in [7, 11) is 0. The van der Waals surface area contributed by atoms with Crippen LogP contribution in [-0.4, -0.2) is 42.9 Å². The molecule has 1 saturated heterocycles. The first-order valence-corrected chi connectivity index (χ1v) is 8.12. The largest absolute Gasteiger partial charge is 0.336 e. The Morgan fingerprint density at radius 3 is 2.42 bits per heavy atom. The van der Waals surface area contributed by atoms with Gasteiger partial charge < -0.3 is 15.5 Å². The highest BCUT2D eigenvalue weighted by Crippen LogP contribution is 2.19. The number of nitrogens with one attached hydrogen (secondary N) is 2. The molecular formula is C19H21N3O2. The first kappa shape index (κ1) is 16.2. The van der Waals surface area contributed by atoms with Gasteiger partial charge in [0.2, 0.25) is 0 Å². The number of benzene rings is 2. The van der Waals surface area contributed by atoms with E-state index in [1.165, 1.54) is 0 Å². The molecule has 5 heteroatoms. The van der Waals surface area contributed by atoms with Crippen LogP contribution < -0.4 is 10.6 Å². The minimum Gasteiger partial charge on any atom is -0.336 e. The SMILES string of the molecule is Cc1ccc(C(=O)N2CCNCC2)cc1NC(=O)c1ccccc1. The highest BCUT2D eigenvalue weighted by atomic mass is 16.2. The molecule has 0 unspecified atom stereocenters. The average molecular weight is 323 g/mol. The van der Waals surface area contributed by atoms with E-state index in [1.54, 1.807) is 18.2 Å². The fourth-order valence-electron chi connectivity index (χ4n) is 2.72. The van der Waals surface area contributed by atoms with Crippen LogP contribution >= 0.6 is 0 Å². The van der Waals surface area contributed by atoms with E-state index < -0.39 is 0 Å². The fourth-order valence-corrected chi connectivity index (χ4v) is 2.72. The van der Waals surface area contributed by atoms with E-state index in [9.17, 15) is 9.59 Å². The molecule has 124 valence electrons. The molecule has 1 aliphatic heterocycles. The molecule has 2 amide bonds. The number of carbonyl (C=O) groups excluding carboxylic acids is 2. The normalized spacial score (nSPS) is 14.3. The maximum Gasteiger partial charge on any atom is 0.255 e. The van der Waals surface area contributed by atoms with Gasteiger partial charge in [0.25, 0.3) is 11.8 Å². The molecule has 2 aromatic carbocycles. The lowest BCUT2D eigenvalue weighted by Crippen LogP contribution is -2.46. The number of aryl methyl sites for hydroxylation is 1. The van der Waals surface area contributed by atoms with E-state index in [1.807, 2.05) is 42.2 Å². The van der Waals surface area contributed by atoms with Gasteiger partial charge in [0.15, 0.2) is 0 Å². The van der Waals surface area contributed by atoms with Gasteiger partial charge >= 0.3 is 0 Å². The summed E-state index contributed by atoms with van der Waals surface area (Å²) in [6, 6.07) is 14.5. The zero-order valence-electron chi connectivity index (χ0n) is 13.7. The molecule has 2 aromatic rings. The molecule has 0 aliphatic carbocycles. The maximum absolute atomic E-state index is 12.6. The van der Waals surface area contributed by atoms with Crippen LogP contribution in [-0.2, 0) is 0 Å². The van der Waals surface area contributed by atoms with Crippen LogP contribution in [0.1, 0.15) is 26.3 Å². The minimum absolute atomic E-state index is 0.00621. The van der Waals surface area contributed by atoms with E-state index in [0.717, 1.165) is 18.7 Å². The quantitative estimate of drug-likeness (QED) is 0.911. The van der Waals surface area contributed by atoms with Gasteiger partial charge in [-0.25, -0.2) is 0 Å². The molecule has 0 saturated carbocycles. The Morgan fingerprint density at radius 2 is 1.71 bits per heavy atom. The fraction of sp³-hybridized carbons (Fsp3) is 0.263. The van der Waals surface area contributed by atoms with Crippen LogP contribution in [0.5, 0.6) is 0 Å². The van der Waals surface area contributed by atoms with Crippen molar-refractivity contribution in [2.24, 2.45) is 0 Å². The molecule has 0 spiro atoms. The van der Waals surface area contributed by atoms with E-state index in [2.05, 4.69) is 10.6 Å². The molecular weight excluding hydrogens is 302 g/mol. The Bertz CT molecular complexity index is 738. The zero-order valence-corrected chi connectivity index (χ0v) is 13.7. The van der Waals surface area contributed by atoms with Crippen LogP contribution in [0.25, 0.3) is 0 Å². The van der Waals surface area contributed by atoms with Crippen LogP contribution in [0.15, 0.2) is 48.5 Å². The summed E-state index contributed by atoms with van der Waals surface area (Å²) in [4.78, 5) is 26.8. The van der Waals surface area contributed by atoms with Crippen molar-refractivity contribution in [2.75, 3.05) is 31.5 Å². The zero-order chi connectivity index (χ0) is 16.9. The number of nitrogens with zero attached hydrogens (tertiary/aromatic N) is 1. The summed E-state index contributed by atoms with van der Waals surface area (Å²) in [5, 5.41) is 6.14. The van der Waals surface area contributed by atoms with Gasteiger partial charge in [0.05, 0.1) is 0 Å². The number of hydrogen-bond acceptors (Lipinski definition) is 3. The first-order valence-electron chi connectivity index (χ1n) is 8.12. The van der Waals surface area contributed by atoms with Crippen molar-refractivity contribution in [3.8, 4) is 0 Å². The monoisotopic (exact) mass is 323 g/mol. The molecule has 2 N–H and O–H groups in total. The van der Waals surface area contributed by atoms with Crippen molar-refractivity contribution in [1.29, 1.82) is 0 Å². The lowest BCUT2D eigenvalue weighted by Gasteiger charge is -2.27. The van der Waals surface area contributed by atoms with Crippen LogP contribution in [0, 0.1) is 6.92 Å². The third-order valence-corrected chi connectivity index (χ3v) is 4.17. The maximum atomic E-state index is 12.6. The van der Waals surface area contributed by atoms with E-state index >= 15 is 0 Å². The molecule has 1 heterocycles. The van der Waals surface area contributed by atoms with Gasteiger partial charge in [0.1, 0.15) is 0 Å².